The fraction of sp³-hybridized carbons (Fsp3) is 0.333. The summed E-state index contributed by atoms with van der Waals surface area (Å²) in [5.41, 5.74) is 4.12. The van der Waals surface area contributed by atoms with Crippen LogP contribution >= 0.6 is 11.6 Å². The van der Waals surface area contributed by atoms with Gasteiger partial charge in [-0.1, -0.05) is 68.8 Å². The van der Waals surface area contributed by atoms with Gasteiger partial charge in [0.1, 0.15) is 0 Å². The molecule has 0 aromatic heterocycles. The highest BCUT2D eigenvalue weighted by atomic mass is 35.5. The number of rotatable bonds is 4. The van der Waals surface area contributed by atoms with Crippen LogP contribution in [0.5, 0.6) is 0 Å². The van der Waals surface area contributed by atoms with Crippen molar-refractivity contribution in [2.24, 2.45) is 0 Å². The minimum Gasteiger partial charge on any atom is -0.0843 e. The van der Waals surface area contributed by atoms with E-state index in [4.69, 9.17) is 11.6 Å². The third kappa shape index (κ3) is 3.84. The highest BCUT2D eigenvalue weighted by Crippen LogP contribution is 2.24. The molecule has 0 fully saturated rings. The van der Waals surface area contributed by atoms with Gasteiger partial charge in [0.05, 0.1) is 0 Å². The number of hydrogen-bond donors (Lipinski definition) is 0. The van der Waals surface area contributed by atoms with Gasteiger partial charge >= 0.3 is 0 Å². The van der Waals surface area contributed by atoms with Gasteiger partial charge in [-0.3, -0.25) is 0 Å². The molecule has 2 rings (SSSR count). The lowest BCUT2D eigenvalue weighted by Crippen LogP contribution is -1.99. The Kier molecular flexibility index (Phi) is 4.66. The summed E-state index contributed by atoms with van der Waals surface area (Å²) in [4.78, 5) is 0. The van der Waals surface area contributed by atoms with Crippen LogP contribution in [0.1, 0.15) is 49.3 Å². The Morgan fingerprint density at radius 1 is 0.895 bits per heavy atom. The van der Waals surface area contributed by atoms with Gasteiger partial charge in [0.2, 0.25) is 0 Å². The molecule has 0 unspecified atom stereocenters. The molecule has 2 aromatic rings. The van der Waals surface area contributed by atoms with Crippen molar-refractivity contribution in [1.82, 2.24) is 0 Å². The summed E-state index contributed by atoms with van der Waals surface area (Å²) in [6.45, 7) is 6.73. The molecule has 0 aliphatic heterocycles. The van der Waals surface area contributed by atoms with Crippen molar-refractivity contribution in [3.8, 4) is 0 Å². The number of benzene rings is 2. The largest absolute Gasteiger partial charge is 0.0843 e. The zero-order chi connectivity index (χ0) is 13.8. The van der Waals surface area contributed by atoms with Crippen molar-refractivity contribution >= 4 is 11.6 Å². The van der Waals surface area contributed by atoms with Crippen LogP contribution in [-0.4, -0.2) is 0 Å². The SMILES string of the molecule is CC(C)c1cccc(C[C@@H](C)c2cccc(Cl)c2)c1. The first-order chi connectivity index (χ1) is 9.06. The second kappa shape index (κ2) is 6.25. The molecular formula is C18H21Cl. The number of halogens is 1. The molecule has 0 heterocycles. The predicted molar refractivity (Wildman–Crippen MR) is 84.1 cm³/mol. The van der Waals surface area contributed by atoms with E-state index in [0.717, 1.165) is 11.4 Å². The highest BCUT2D eigenvalue weighted by Gasteiger charge is 2.08. The van der Waals surface area contributed by atoms with Gasteiger partial charge in [-0.05, 0) is 47.1 Å². The van der Waals surface area contributed by atoms with E-state index >= 15 is 0 Å². The lowest BCUT2D eigenvalue weighted by Gasteiger charge is -2.14. The van der Waals surface area contributed by atoms with Crippen LogP contribution in [0.3, 0.4) is 0 Å². The molecule has 1 heteroatoms. The lowest BCUT2D eigenvalue weighted by molar-refractivity contribution is 0.755. The van der Waals surface area contributed by atoms with E-state index in [1.165, 1.54) is 16.7 Å². The van der Waals surface area contributed by atoms with Crippen LogP contribution in [-0.2, 0) is 6.42 Å². The van der Waals surface area contributed by atoms with Crippen LogP contribution in [0.15, 0.2) is 48.5 Å². The fourth-order valence-electron chi connectivity index (χ4n) is 2.36. The Labute approximate surface area is 121 Å². The molecule has 1 atom stereocenters. The van der Waals surface area contributed by atoms with Gasteiger partial charge in [0, 0.05) is 5.02 Å². The third-order valence-corrected chi connectivity index (χ3v) is 3.81. The fourth-order valence-corrected chi connectivity index (χ4v) is 2.56. The van der Waals surface area contributed by atoms with Gasteiger partial charge in [-0.2, -0.15) is 0 Å². The monoisotopic (exact) mass is 272 g/mol. The van der Waals surface area contributed by atoms with Gasteiger partial charge < -0.3 is 0 Å². The van der Waals surface area contributed by atoms with Crippen molar-refractivity contribution in [2.45, 2.75) is 39.0 Å². The van der Waals surface area contributed by atoms with Crippen LogP contribution < -0.4 is 0 Å². The topological polar surface area (TPSA) is 0 Å². The average Bonchev–Trinajstić information content (AvgIpc) is 2.39. The van der Waals surface area contributed by atoms with Crippen molar-refractivity contribution < 1.29 is 0 Å². The van der Waals surface area contributed by atoms with Crippen LogP contribution in [0, 0.1) is 0 Å². The molecule has 0 aliphatic carbocycles. The maximum atomic E-state index is 6.06. The van der Waals surface area contributed by atoms with E-state index in [9.17, 15) is 0 Å². The van der Waals surface area contributed by atoms with Crippen molar-refractivity contribution in [3.63, 3.8) is 0 Å². The Bertz CT molecular complexity index is 543. The molecule has 0 nitrogen and oxygen atoms in total. The molecule has 0 saturated heterocycles. The molecule has 0 aliphatic rings. The standard InChI is InChI=1S/C18H21Cl/c1-13(2)16-7-4-6-15(11-16)10-14(3)17-8-5-9-18(19)12-17/h4-9,11-14H,10H2,1-3H3/t14-/m1/s1. The van der Waals surface area contributed by atoms with Crippen molar-refractivity contribution in [1.29, 1.82) is 0 Å². The molecule has 2 aromatic carbocycles. The summed E-state index contributed by atoms with van der Waals surface area (Å²) in [5, 5.41) is 0.820. The Balaban J connectivity index is 2.14. The van der Waals surface area contributed by atoms with Gasteiger partial charge in [-0.15, -0.1) is 0 Å². The summed E-state index contributed by atoms with van der Waals surface area (Å²) in [6, 6.07) is 17.1. The van der Waals surface area contributed by atoms with E-state index in [-0.39, 0.29) is 0 Å². The maximum absolute atomic E-state index is 6.06. The molecule has 100 valence electrons. The lowest BCUT2D eigenvalue weighted by atomic mass is 9.92. The van der Waals surface area contributed by atoms with Crippen LogP contribution in [0.2, 0.25) is 5.02 Å². The van der Waals surface area contributed by atoms with E-state index in [0.29, 0.717) is 11.8 Å². The van der Waals surface area contributed by atoms with Gasteiger partial charge in [-0.25, -0.2) is 0 Å². The first-order valence-corrected chi connectivity index (χ1v) is 7.28. The van der Waals surface area contributed by atoms with E-state index < -0.39 is 0 Å². The van der Waals surface area contributed by atoms with Crippen LogP contribution in [0.25, 0.3) is 0 Å². The smallest absolute Gasteiger partial charge is 0.0408 e. The predicted octanol–water partition coefficient (Wildman–Crippen LogP) is 5.81. The quantitative estimate of drug-likeness (QED) is 0.659. The maximum Gasteiger partial charge on any atom is 0.0408 e. The first-order valence-electron chi connectivity index (χ1n) is 6.90. The van der Waals surface area contributed by atoms with Crippen molar-refractivity contribution in [3.05, 3.63) is 70.2 Å². The Hall–Kier alpha value is -1.27. The Morgan fingerprint density at radius 2 is 1.58 bits per heavy atom. The molecule has 0 spiro atoms. The zero-order valence-electron chi connectivity index (χ0n) is 11.9. The molecule has 0 N–H and O–H groups in total. The molecule has 0 saturated carbocycles. The zero-order valence-corrected chi connectivity index (χ0v) is 12.6. The first kappa shape index (κ1) is 14.1. The molecule has 0 amide bonds. The number of hydrogen-bond acceptors (Lipinski definition) is 0. The second-order valence-electron chi connectivity index (χ2n) is 5.56. The summed E-state index contributed by atoms with van der Waals surface area (Å²) < 4.78 is 0. The molecule has 19 heavy (non-hydrogen) atoms. The molecule has 0 radical (unpaired) electrons. The summed E-state index contributed by atoms with van der Waals surface area (Å²) in [6.07, 6.45) is 1.06. The second-order valence-corrected chi connectivity index (χ2v) is 6.00. The highest BCUT2D eigenvalue weighted by molar-refractivity contribution is 6.30. The summed E-state index contributed by atoms with van der Waals surface area (Å²) in [5.74, 6) is 1.07. The minimum atomic E-state index is 0.487. The molecular weight excluding hydrogens is 252 g/mol. The normalized spacial score (nSPS) is 12.7. The summed E-state index contributed by atoms with van der Waals surface area (Å²) >= 11 is 6.06. The van der Waals surface area contributed by atoms with Gasteiger partial charge in [0.25, 0.3) is 0 Å². The van der Waals surface area contributed by atoms with Gasteiger partial charge in [0.15, 0.2) is 0 Å². The van der Waals surface area contributed by atoms with Crippen molar-refractivity contribution in [2.75, 3.05) is 0 Å². The minimum absolute atomic E-state index is 0.487. The Morgan fingerprint density at radius 3 is 2.26 bits per heavy atom. The average molecular weight is 273 g/mol. The summed E-state index contributed by atoms with van der Waals surface area (Å²) in [7, 11) is 0. The van der Waals surface area contributed by atoms with E-state index in [2.05, 4.69) is 57.2 Å². The van der Waals surface area contributed by atoms with Crippen LogP contribution in [0.4, 0.5) is 0 Å². The van der Waals surface area contributed by atoms with E-state index in [1.54, 1.807) is 0 Å². The molecule has 0 bridgehead atoms. The van der Waals surface area contributed by atoms with E-state index in [1.807, 2.05) is 12.1 Å². The third-order valence-electron chi connectivity index (χ3n) is 3.58.